The van der Waals surface area contributed by atoms with Crippen LogP contribution in [0.25, 0.3) is 0 Å². The molecule has 0 bridgehead atoms. The van der Waals surface area contributed by atoms with E-state index in [0.29, 0.717) is 12.8 Å². The van der Waals surface area contributed by atoms with Gasteiger partial charge in [0.2, 0.25) is 5.91 Å². The fourth-order valence-electron chi connectivity index (χ4n) is 10.0. The van der Waals surface area contributed by atoms with Crippen molar-refractivity contribution in [3.63, 3.8) is 0 Å². The average Bonchev–Trinajstić information content (AvgIpc) is 3.30. The summed E-state index contributed by atoms with van der Waals surface area (Å²) in [5.74, 6) is -0.0243. The molecule has 0 rings (SSSR count). The van der Waals surface area contributed by atoms with Crippen molar-refractivity contribution in [3.8, 4) is 0 Å². The molecule has 0 aliphatic carbocycles. The number of amides is 1. The van der Waals surface area contributed by atoms with E-state index in [9.17, 15) is 15.0 Å². The van der Waals surface area contributed by atoms with Crippen molar-refractivity contribution in [3.05, 3.63) is 0 Å². The zero-order chi connectivity index (χ0) is 46.3. The lowest BCUT2D eigenvalue weighted by atomic mass is 10.0. The van der Waals surface area contributed by atoms with Crippen LogP contribution in [0, 0.1) is 0 Å². The van der Waals surface area contributed by atoms with E-state index < -0.39 is 12.1 Å². The maximum absolute atomic E-state index is 12.4. The molecule has 0 saturated heterocycles. The first-order chi connectivity index (χ1) is 31.7. The van der Waals surface area contributed by atoms with E-state index in [1.54, 1.807) is 0 Å². The van der Waals surface area contributed by atoms with E-state index >= 15 is 0 Å². The van der Waals surface area contributed by atoms with Gasteiger partial charge in [0.1, 0.15) is 0 Å². The van der Waals surface area contributed by atoms with Crippen LogP contribution >= 0.6 is 0 Å². The molecule has 0 aromatic rings. The third-order valence-electron chi connectivity index (χ3n) is 14.6. The Kier molecular flexibility index (Phi) is 56.2. The van der Waals surface area contributed by atoms with Crippen LogP contribution in [-0.2, 0) is 4.79 Å². The maximum Gasteiger partial charge on any atom is 0.220 e. The van der Waals surface area contributed by atoms with Crippen molar-refractivity contribution in [2.75, 3.05) is 6.61 Å². The second kappa shape index (κ2) is 56.7. The highest BCUT2D eigenvalue weighted by Crippen LogP contribution is 2.19. The van der Waals surface area contributed by atoms with Gasteiger partial charge in [-0.15, -0.1) is 0 Å². The number of carbonyl (C=O) groups is 1. The predicted octanol–water partition coefficient (Wildman–Crippen LogP) is 19.9. The highest BCUT2D eigenvalue weighted by atomic mass is 16.3. The Morgan fingerprint density at radius 1 is 0.312 bits per heavy atom. The standard InChI is InChI=1S/C60H121NO3/c1-3-5-7-9-11-13-15-16-17-18-19-20-21-22-23-24-25-26-27-28-29-30-31-32-33-34-35-36-37-38-39-40-41-42-43-44-46-48-50-52-54-56-60(64)61-58(57-62)59(63)55-53-51-49-47-45-14-12-10-8-6-4-2/h58-59,62-63H,3-57H2,1-2H3,(H,61,64). The summed E-state index contributed by atoms with van der Waals surface area (Å²) in [5.41, 5.74) is 0. The first-order valence-corrected chi connectivity index (χ1v) is 30.2. The predicted molar refractivity (Wildman–Crippen MR) is 286 cm³/mol. The lowest BCUT2D eigenvalue weighted by Crippen LogP contribution is -2.45. The van der Waals surface area contributed by atoms with Crippen LogP contribution < -0.4 is 5.32 Å². The summed E-state index contributed by atoms with van der Waals surface area (Å²) in [4.78, 5) is 12.4. The molecule has 0 saturated carbocycles. The Labute approximate surface area is 404 Å². The Morgan fingerprint density at radius 3 is 0.703 bits per heavy atom. The van der Waals surface area contributed by atoms with Gasteiger partial charge < -0.3 is 15.5 Å². The van der Waals surface area contributed by atoms with Gasteiger partial charge in [-0.2, -0.15) is 0 Å². The molecule has 2 atom stereocenters. The third kappa shape index (κ3) is 52.4. The lowest BCUT2D eigenvalue weighted by Gasteiger charge is -2.22. The number of aliphatic hydroxyl groups excluding tert-OH is 2. The topological polar surface area (TPSA) is 69.6 Å². The van der Waals surface area contributed by atoms with Crippen LogP contribution in [0.15, 0.2) is 0 Å². The number of unbranched alkanes of at least 4 members (excludes halogenated alkanes) is 50. The van der Waals surface area contributed by atoms with Crippen LogP contribution in [-0.4, -0.2) is 34.9 Å². The molecule has 2 unspecified atom stereocenters. The summed E-state index contributed by atoms with van der Waals surface area (Å²) in [7, 11) is 0. The second-order valence-electron chi connectivity index (χ2n) is 21.1. The highest BCUT2D eigenvalue weighted by Gasteiger charge is 2.20. The van der Waals surface area contributed by atoms with Gasteiger partial charge in [-0.1, -0.05) is 341 Å². The Bertz CT molecular complexity index is 849. The summed E-state index contributed by atoms with van der Waals surface area (Å²) >= 11 is 0. The molecule has 3 N–H and O–H groups in total. The van der Waals surface area contributed by atoms with E-state index in [2.05, 4.69) is 19.2 Å². The van der Waals surface area contributed by atoms with Crippen molar-refractivity contribution in [1.82, 2.24) is 5.32 Å². The quantitative estimate of drug-likeness (QED) is 0.0533. The number of nitrogens with one attached hydrogen (secondary N) is 1. The molecule has 0 aromatic carbocycles. The fraction of sp³-hybridized carbons (Fsp3) is 0.983. The van der Waals surface area contributed by atoms with Gasteiger partial charge >= 0.3 is 0 Å². The molecule has 0 spiro atoms. The Morgan fingerprint density at radius 2 is 0.500 bits per heavy atom. The summed E-state index contributed by atoms with van der Waals surface area (Å²) in [6.45, 7) is 4.38. The van der Waals surface area contributed by atoms with E-state index in [1.807, 2.05) is 0 Å². The normalized spacial score (nSPS) is 12.6. The minimum atomic E-state index is -0.653. The number of carbonyl (C=O) groups excluding carboxylic acids is 1. The summed E-state index contributed by atoms with van der Waals surface area (Å²) < 4.78 is 0. The first kappa shape index (κ1) is 63.4. The van der Waals surface area contributed by atoms with Gasteiger partial charge in [-0.05, 0) is 12.8 Å². The SMILES string of the molecule is CCCCCCCCCCCCCCCCCCCCCCCCCCCCCCCCCCCCCCCCCCCC(=O)NC(CO)C(O)CCCCCCCCCCCCC. The average molecular weight is 905 g/mol. The van der Waals surface area contributed by atoms with E-state index in [1.165, 1.54) is 308 Å². The molecular weight excluding hydrogens is 783 g/mol. The van der Waals surface area contributed by atoms with Gasteiger partial charge in [-0.25, -0.2) is 0 Å². The van der Waals surface area contributed by atoms with Crippen LogP contribution in [0.2, 0.25) is 0 Å². The molecule has 4 nitrogen and oxygen atoms in total. The van der Waals surface area contributed by atoms with Gasteiger partial charge in [-0.3, -0.25) is 4.79 Å². The zero-order valence-corrected chi connectivity index (χ0v) is 44.3. The Hall–Kier alpha value is -0.610. The van der Waals surface area contributed by atoms with E-state index in [0.717, 1.165) is 25.7 Å². The van der Waals surface area contributed by atoms with E-state index in [-0.39, 0.29) is 12.5 Å². The van der Waals surface area contributed by atoms with Gasteiger partial charge in [0.15, 0.2) is 0 Å². The molecule has 0 aliphatic rings. The van der Waals surface area contributed by atoms with Gasteiger partial charge in [0.05, 0.1) is 18.8 Å². The molecule has 64 heavy (non-hydrogen) atoms. The number of hydrogen-bond donors (Lipinski definition) is 3. The minimum Gasteiger partial charge on any atom is -0.394 e. The van der Waals surface area contributed by atoms with E-state index in [4.69, 9.17) is 0 Å². The highest BCUT2D eigenvalue weighted by molar-refractivity contribution is 5.76. The Balaban J connectivity index is 3.28. The molecule has 0 aliphatic heterocycles. The van der Waals surface area contributed by atoms with Crippen LogP contribution in [0.1, 0.15) is 361 Å². The van der Waals surface area contributed by atoms with Crippen LogP contribution in [0.4, 0.5) is 0 Å². The lowest BCUT2D eigenvalue weighted by molar-refractivity contribution is -0.123. The largest absolute Gasteiger partial charge is 0.394 e. The molecule has 4 heteroatoms. The number of aliphatic hydroxyl groups is 2. The monoisotopic (exact) mass is 904 g/mol. The number of rotatable bonds is 57. The maximum atomic E-state index is 12.4. The molecule has 0 fully saturated rings. The van der Waals surface area contributed by atoms with Crippen molar-refractivity contribution >= 4 is 5.91 Å². The summed E-state index contributed by atoms with van der Waals surface area (Å²) in [5, 5.41) is 23.2. The smallest absolute Gasteiger partial charge is 0.220 e. The molecular formula is C60H121NO3. The van der Waals surface area contributed by atoms with Crippen molar-refractivity contribution in [1.29, 1.82) is 0 Å². The summed E-state index contributed by atoms with van der Waals surface area (Å²) in [6.07, 6.45) is 72.9. The van der Waals surface area contributed by atoms with Crippen LogP contribution in [0.3, 0.4) is 0 Å². The van der Waals surface area contributed by atoms with Gasteiger partial charge in [0.25, 0.3) is 0 Å². The summed E-state index contributed by atoms with van der Waals surface area (Å²) in [6, 6.07) is -0.529. The molecule has 384 valence electrons. The van der Waals surface area contributed by atoms with Crippen molar-refractivity contribution in [2.45, 2.75) is 373 Å². The molecule has 0 aromatic heterocycles. The zero-order valence-electron chi connectivity index (χ0n) is 44.3. The fourth-order valence-corrected chi connectivity index (χ4v) is 10.0. The van der Waals surface area contributed by atoms with Crippen molar-refractivity contribution < 1.29 is 15.0 Å². The van der Waals surface area contributed by atoms with Crippen LogP contribution in [0.5, 0.6) is 0 Å². The first-order valence-electron chi connectivity index (χ1n) is 30.2. The second-order valence-corrected chi connectivity index (χ2v) is 21.1. The molecule has 0 radical (unpaired) electrons. The minimum absolute atomic E-state index is 0.0243. The molecule has 1 amide bonds. The number of hydrogen-bond acceptors (Lipinski definition) is 3. The van der Waals surface area contributed by atoms with Gasteiger partial charge in [0, 0.05) is 6.42 Å². The third-order valence-corrected chi connectivity index (χ3v) is 14.6. The molecule has 0 heterocycles. The van der Waals surface area contributed by atoms with Crippen molar-refractivity contribution in [2.24, 2.45) is 0 Å².